The topological polar surface area (TPSA) is 115 Å². The lowest BCUT2D eigenvalue weighted by Crippen LogP contribution is -2.21. The number of nitro benzene ring substituents is 1. The first-order chi connectivity index (χ1) is 16.6. The summed E-state index contributed by atoms with van der Waals surface area (Å²) in [6, 6.07) is 14.4. The quantitative estimate of drug-likeness (QED) is 0.201. The average molecular weight is 473 g/mol. The van der Waals surface area contributed by atoms with Crippen molar-refractivity contribution < 1.29 is 23.7 Å². The Morgan fingerprint density at radius 1 is 1.11 bits per heavy atom. The van der Waals surface area contributed by atoms with E-state index in [-0.39, 0.29) is 17.7 Å². The highest BCUT2D eigenvalue weighted by atomic mass is 16.6. The number of ether oxygens (including phenoxy) is 1. The first kappa shape index (κ1) is 23.6. The Kier molecular flexibility index (Phi) is 6.33. The van der Waals surface area contributed by atoms with E-state index in [1.807, 2.05) is 6.92 Å². The molecule has 9 nitrogen and oxygen atoms in total. The lowest BCUT2D eigenvalue weighted by atomic mass is 10.1. The molecule has 35 heavy (non-hydrogen) atoms. The summed E-state index contributed by atoms with van der Waals surface area (Å²) in [7, 11) is 0. The number of anilines is 1. The van der Waals surface area contributed by atoms with Gasteiger partial charge in [-0.25, -0.2) is 4.79 Å². The minimum Gasteiger partial charge on any atom is -0.459 e. The fraction of sp³-hybridized carbons (Fsp3) is 0.192. The second kappa shape index (κ2) is 9.38. The van der Waals surface area contributed by atoms with Gasteiger partial charge in [0.2, 0.25) is 0 Å². The molecule has 0 radical (unpaired) electrons. The number of esters is 1. The van der Waals surface area contributed by atoms with Crippen molar-refractivity contribution in [3.63, 3.8) is 0 Å². The molecule has 178 valence electrons. The van der Waals surface area contributed by atoms with Crippen LogP contribution < -0.4 is 5.01 Å². The van der Waals surface area contributed by atoms with Crippen LogP contribution in [0.15, 0.2) is 69.7 Å². The number of hydrogen-bond acceptors (Lipinski definition) is 7. The molecule has 1 amide bonds. The molecule has 0 bridgehead atoms. The molecular weight excluding hydrogens is 450 g/mol. The van der Waals surface area contributed by atoms with Gasteiger partial charge in [0, 0.05) is 17.7 Å². The van der Waals surface area contributed by atoms with Gasteiger partial charge in [-0.1, -0.05) is 6.07 Å². The zero-order valence-corrected chi connectivity index (χ0v) is 19.6. The van der Waals surface area contributed by atoms with Gasteiger partial charge in [0.15, 0.2) is 0 Å². The first-order valence-corrected chi connectivity index (χ1v) is 10.9. The zero-order valence-electron chi connectivity index (χ0n) is 19.6. The highest BCUT2D eigenvalue weighted by Gasteiger charge is 2.29. The number of carbonyl (C=O) groups is 2. The largest absolute Gasteiger partial charge is 0.459 e. The molecule has 1 aliphatic rings. The predicted octanol–water partition coefficient (Wildman–Crippen LogP) is 5.53. The Labute approximate surface area is 201 Å². The summed E-state index contributed by atoms with van der Waals surface area (Å²) in [6.45, 7) is 7.09. The van der Waals surface area contributed by atoms with Gasteiger partial charge in [-0.05, 0) is 75.7 Å². The molecule has 0 aliphatic carbocycles. The number of benzene rings is 2. The van der Waals surface area contributed by atoms with Crippen LogP contribution in [0.2, 0.25) is 0 Å². The maximum Gasteiger partial charge on any atom is 0.338 e. The van der Waals surface area contributed by atoms with Gasteiger partial charge in [-0.2, -0.15) is 10.1 Å². The molecule has 9 heteroatoms. The highest BCUT2D eigenvalue weighted by molar-refractivity contribution is 6.32. The molecule has 0 spiro atoms. The number of aryl methyl sites for hydroxylation is 1. The SMILES string of the molecule is CC1=NN(c2ccc(C(=O)OC(C)C)cc2)C(=O)/C1=C/c1ccc(-c2cc([N+](=O)[O-])ccc2C)o1. The van der Waals surface area contributed by atoms with Crippen LogP contribution >= 0.6 is 0 Å². The molecule has 0 saturated carbocycles. The third kappa shape index (κ3) is 4.89. The summed E-state index contributed by atoms with van der Waals surface area (Å²) in [5.74, 6) is 0.0907. The van der Waals surface area contributed by atoms with E-state index in [0.29, 0.717) is 39.6 Å². The van der Waals surface area contributed by atoms with Crippen molar-refractivity contribution in [2.75, 3.05) is 5.01 Å². The van der Waals surface area contributed by atoms with Gasteiger partial charge < -0.3 is 9.15 Å². The molecule has 2 heterocycles. The van der Waals surface area contributed by atoms with Crippen LogP contribution in [0.1, 0.15) is 42.5 Å². The minimum atomic E-state index is -0.458. The highest BCUT2D eigenvalue weighted by Crippen LogP contribution is 2.31. The maximum atomic E-state index is 13.1. The van der Waals surface area contributed by atoms with Crippen LogP contribution in [-0.2, 0) is 9.53 Å². The van der Waals surface area contributed by atoms with Crippen LogP contribution in [0, 0.1) is 17.0 Å². The van der Waals surface area contributed by atoms with E-state index in [9.17, 15) is 19.7 Å². The fourth-order valence-corrected chi connectivity index (χ4v) is 3.59. The van der Waals surface area contributed by atoms with E-state index in [2.05, 4.69) is 5.10 Å². The van der Waals surface area contributed by atoms with Crippen molar-refractivity contribution in [1.29, 1.82) is 0 Å². The van der Waals surface area contributed by atoms with E-state index in [4.69, 9.17) is 9.15 Å². The number of amides is 1. The molecule has 3 aromatic rings. The molecule has 4 rings (SSSR count). The molecule has 0 unspecified atom stereocenters. The molecule has 0 saturated heterocycles. The Bertz CT molecular complexity index is 1380. The Balaban J connectivity index is 1.56. The van der Waals surface area contributed by atoms with Crippen molar-refractivity contribution in [1.82, 2.24) is 0 Å². The zero-order chi connectivity index (χ0) is 25.3. The molecule has 0 fully saturated rings. The molecule has 1 aromatic heterocycles. The Morgan fingerprint density at radius 3 is 2.49 bits per heavy atom. The van der Waals surface area contributed by atoms with Crippen molar-refractivity contribution in [2.45, 2.75) is 33.8 Å². The number of rotatable bonds is 6. The number of nitro groups is 1. The Hall–Kier alpha value is -4.53. The first-order valence-electron chi connectivity index (χ1n) is 10.9. The standard InChI is InChI=1S/C26H23N3O6/c1-15(2)34-26(31)18-6-9-19(10-7-18)28-25(30)23(17(4)27-28)14-21-11-12-24(35-21)22-13-20(29(32)33)8-5-16(22)3/h5-15H,1-4H3/b23-14+. The summed E-state index contributed by atoms with van der Waals surface area (Å²) in [4.78, 5) is 35.8. The molecule has 0 atom stereocenters. The normalized spacial score (nSPS) is 14.5. The van der Waals surface area contributed by atoms with Gasteiger partial charge in [-0.15, -0.1) is 0 Å². The number of non-ortho nitro benzene ring substituents is 1. The summed E-state index contributed by atoms with van der Waals surface area (Å²) in [5, 5.41) is 16.7. The van der Waals surface area contributed by atoms with Crippen molar-refractivity contribution in [3.8, 4) is 11.3 Å². The summed E-state index contributed by atoms with van der Waals surface area (Å²) in [5.41, 5.74) is 3.13. The van der Waals surface area contributed by atoms with Crippen LogP contribution in [0.5, 0.6) is 0 Å². The number of hydrogen-bond donors (Lipinski definition) is 0. The second-order valence-corrected chi connectivity index (χ2v) is 8.32. The lowest BCUT2D eigenvalue weighted by Gasteiger charge is -2.13. The lowest BCUT2D eigenvalue weighted by molar-refractivity contribution is -0.384. The van der Waals surface area contributed by atoms with Crippen LogP contribution in [-0.4, -0.2) is 28.6 Å². The smallest absolute Gasteiger partial charge is 0.338 e. The van der Waals surface area contributed by atoms with Crippen LogP contribution in [0.4, 0.5) is 11.4 Å². The van der Waals surface area contributed by atoms with Gasteiger partial charge in [0.25, 0.3) is 11.6 Å². The second-order valence-electron chi connectivity index (χ2n) is 8.32. The monoisotopic (exact) mass is 473 g/mol. The van der Waals surface area contributed by atoms with Gasteiger partial charge in [0.1, 0.15) is 11.5 Å². The van der Waals surface area contributed by atoms with E-state index < -0.39 is 10.9 Å². The van der Waals surface area contributed by atoms with E-state index in [0.717, 1.165) is 5.56 Å². The summed E-state index contributed by atoms with van der Waals surface area (Å²) in [6.07, 6.45) is 1.36. The molecular formula is C26H23N3O6. The number of hydrazone groups is 1. The van der Waals surface area contributed by atoms with E-state index in [1.54, 1.807) is 69.3 Å². The van der Waals surface area contributed by atoms with E-state index >= 15 is 0 Å². The maximum absolute atomic E-state index is 13.1. The summed E-state index contributed by atoms with van der Waals surface area (Å²) >= 11 is 0. The molecule has 0 N–H and O–H groups in total. The number of furan rings is 1. The van der Waals surface area contributed by atoms with Gasteiger partial charge in [0.05, 0.1) is 33.6 Å². The predicted molar refractivity (Wildman–Crippen MR) is 131 cm³/mol. The Morgan fingerprint density at radius 2 is 1.83 bits per heavy atom. The fourth-order valence-electron chi connectivity index (χ4n) is 3.59. The molecule has 1 aliphatic heterocycles. The number of carbonyl (C=O) groups excluding carboxylic acids is 2. The molecule has 2 aromatic carbocycles. The van der Waals surface area contributed by atoms with Crippen LogP contribution in [0.25, 0.3) is 17.4 Å². The van der Waals surface area contributed by atoms with E-state index in [1.165, 1.54) is 17.1 Å². The van der Waals surface area contributed by atoms with Crippen LogP contribution in [0.3, 0.4) is 0 Å². The third-order valence-corrected chi connectivity index (χ3v) is 5.36. The van der Waals surface area contributed by atoms with Gasteiger partial charge in [-0.3, -0.25) is 14.9 Å². The summed E-state index contributed by atoms with van der Waals surface area (Å²) < 4.78 is 11.1. The van der Waals surface area contributed by atoms with Gasteiger partial charge >= 0.3 is 5.97 Å². The van der Waals surface area contributed by atoms with Crippen molar-refractivity contribution in [2.24, 2.45) is 5.10 Å². The average Bonchev–Trinajstić information content (AvgIpc) is 3.39. The minimum absolute atomic E-state index is 0.0324. The van der Waals surface area contributed by atoms with Crippen molar-refractivity contribution in [3.05, 3.63) is 87.2 Å². The third-order valence-electron chi connectivity index (χ3n) is 5.36. The number of nitrogens with zero attached hydrogens (tertiary/aromatic N) is 3. The van der Waals surface area contributed by atoms with Crippen molar-refractivity contribution >= 4 is 35.0 Å².